The Hall–Kier alpha value is -2.22. The number of thiophene rings is 1. The van der Waals surface area contributed by atoms with Gasteiger partial charge in [-0.2, -0.15) is 0 Å². The molecule has 8 heteroatoms. The van der Waals surface area contributed by atoms with Crippen molar-refractivity contribution in [3.05, 3.63) is 16.8 Å². The van der Waals surface area contributed by atoms with Crippen molar-refractivity contribution in [3.63, 3.8) is 0 Å². The van der Waals surface area contributed by atoms with Gasteiger partial charge in [-0.1, -0.05) is 0 Å². The number of carboxylic acid groups (broad SMARTS) is 1. The fourth-order valence-electron chi connectivity index (χ4n) is 2.32. The summed E-state index contributed by atoms with van der Waals surface area (Å²) in [4.78, 5) is 33.8. The average molecular weight is 292 g/mol. The van der Waals surface area contributed by atoms with Gasteiger partial charge in [-0.3, -0.25) is 4.79 Å². The molecule has 3 rings (SSSR count). The van der Waals surface area contributed by atoms with E-state index in [1.165, 1.54) is 6.33 Å². The zero-order chi connectivity index (χ0) is 14.3. The Labute approximate surface area is 118 Å². The second-order valence-corrected chi connectivity index (χ2v) is 5.51. The van der Waals surface area contributed by atoms with Crippen molar-refractivity contribution in [1.82, 2.24) is 15.3 Å². The van der Waals surface area contributed by atoms with Crippen molar-refractivity contribution in [2.24, 2.45) is 0 Å². The number of piperazine rings is 1. The summed E-state index contributed by atoms with van der Waals surface area (Å²) in [5.41, 5.74) is 0.652. The van der Waals surface area contributed by atoms with E-state index in [2.05, 4.69) is 15.3 Å². The third kappa shape index (κ3) is 1.97. The number of aryl methyl sites for hydroxylation is 1. The molecule has 0 atom stereocenters. The van der Waals surface area contributed by atoms with Gasteiger partial charge in [0.15, 0.2) is 0 Å². The van der Waals surface area contributed by atoms with Crippen LogP contribution in [0.5, 0.6) is 0 Å². The van der Waals surface area contributed by atoms with E-state index in [0.717, 1.165) is 16.7 Å². The fourth-order valence-corrected chi connectivity index (χ4v) is 3.30. The third-order valence-corrected chi connectivity index (χ3v) is 4.43. The molecule has 0 saturated carbocycles. The maximum atomic E-state index is 11.5. The summed E-state index contributed by atoms with van der Waals surface area (Å²) < 4.78 is 0. The van der Waals surface area contributed by atoms with Gasteiger partial charge in [0, 0.05) is 13.1 Å². The zero-order valence-corrected chi connectivity index (χ0v) is 11.5. The van der Waals surface area contributed by atoms with Gasteiger partial charge >= 0.3 is 5.97 Å². The first-order valence-corrected chi connectivity index (χ1v) is 6.88. The van der Waals surface area contributed by atoms with Crippen molar-refractivity contribution in [2.75, 3.05) is 24.5 Å². The lowest BCUT2D eigenvalue weighted by Crippen LogP contribution is -2.48. The van der Waals surface area contributed by atoms with E-state index in [1.807, 2.05) is 4.90 Å². The SMILES string of the molecule is Cc1c(C(=O)O)sc2ncnc(N3CCNC(=O)C3)c12. The predicted octanol–water partition coefficient (Wildman–Crippen LogP) is 0.634. The number of fused-ring (bicyclic) bond motifs is 1. The van der Waals surface area contributed by atoms with Crippen molar-refractivity contribution in [3.8, 4) is 0 Å². The second-order valence-electron chi connectivity index (χ2n) is 4.51. The van der Waals surface area contributed by atoms with Gasteiger partial charge in [0.05, 0.1) is 11.9 Å². The fraction of sp³-hybridized carbons (Fsp3) is 0.333. The number of rotatable bonds is 2. The van der Waals surface area contributed by atoms with Crippen LogP contribution in [0.15, 0.2) is 6.33 Å². The maximum absolute atomic E-state index is 11.5. The highest BCUT2D eigenvalue weighted by Crippen LogP contribution is 2.34. The predicted molar refractivity (Wildman–Crippen MR) is 74.3 cm³/mol. The van der Waals surface area contributed by atoms with E-state index >= 15 is 0 Å². The van der Waals surface area contributed by atoms with Gasteiger partial charge < -0.3 is 15.3 Å². The molecule has 0 unspecified atom stereocenters. The van der Waals surface area contributed by atoms with E-state index in [0.29, 0.717) is 29.3 Å². The molecule has 104 valence electrons. The van der Waals surface area contributed by atoms with Crippen LogP contribution in [0.1, 0.15) is 15.2 Å². The van der Waals surface area contributed by atoms with E-state index in [4.69, 9.17) is 0 Å². The highest BCUT2D eigenvalue weighted by molar-refractivity contribution is 7.20. The monoisotopic (exact) mass is 292 g/mol. The summed E-state index contributed by atoms with van der Waals surface area (Å²) in [6.07, 6.45) is 1.41. The number of anilines is 1. The Bertz CT molecular complexity index is 712. The zero-order valence-electron chi connectivity index (χ0n) is 10.7. The summed E-state index contributed by atoms with van der Waals surface area (Å²) in [6, 6.07) is 0. The molecule has 1 amide bonds. The summed E-state index contributed by atoms with van der Waals surface area (Å²) >= 11 is 1.13. The van der Waals surface area contributed by atoms with Gasteiger partial charge in [0.1, 0.15) is 21.9 Å². The summed E-state index contributed by atoms with van der Waals surface area (Å²) in [6.45, 7) is 3.18. The largest absolute Gasteiger partial charge is 0.477 e. The topological polar surface area (TPSA) is 95.4 Å². The molecule has 0 bridgehead atoms. The number of hydrogen-bond acceptors (Lipinski definition) is 6. The first-order chi connectivity index (χ1) is 9.58. The van der Waals surface area contributed by atoms with Crippen molar-refractivity contribution in [1.29, 1.82) is 0 Å². The first-order valence-electron chi connectivity index (χ1n) is 6.07. The normalized spacial score (nSPS) is 15.4. The minimum atomic E-state index is -0.965. The van der Waals surface area contributed by atoms with E-state index in [9.17, 15) is 14.7 Å². The quantitative estimate of drug-likeness (QED) is 0.843. The van der Waals surface area contributed by atoms with Crippen molar-refractivity contribution < 1.29 is 14.7 Å². The standard InChI is InChI=1S/C12H12N4O3S/c1-6-8-10(16-3-2-13-7(17)4-16)14-5-15-11(8)20-9(6)12(18)19/h5H,2-4H2,1H3,(H,13,17)(H,18,19). The Balaban J connectivity index is 2.15. The molecule has 2 N–H and O–H groups in total. The van der Waals surface area contributed by atoms with Gasteiger partial charge in [-0.15, -0.1) is 11.3 Å². The summed E-state index contributed by atoms with van der Waals surface area (Å²) in [7, 11) is 0. The smallest absolute Gasteiger partial charge is 0.346 e. The molecular weight excluding hydrogens is 280 g/mol. The molecule has 1 aliphatic heterocycles. The Kier molecular flexibility index (Phi) is 3.01. The van der Waals surface area contributed by atoms with E-state index in [-0.39, 0.29) is 17.3 Å². The number of nitrogens with zero attached hydrogens (tertiary/aromatic N) is 3. The number of carboxylic acids is 1. The van der Waals surface area contributed by atoms with Crippen LogP contribution in [0.4, 0.5) is 5.82 Å². The Morgan fingerprint density at radius 1 is 1.50 bits per heavy atom. The number of carbonyl (C=O) groups is 2. The number of hydrogen-bond donors (Lipinski definition) is 2. The molecule has 20 heavy (non-hydrogen) atoms. The number of carbonyl (C=O) groups excluding carboxylic acids is 1. The molecule has 1 fully saturated rings. The minimum absolute atomic E-state index is 0.0608. The van der Waals surface area contributed by atoms with E-state index < -0.39 is 5.97 Å². The van der Waals surface area contributed by atoms with Crippen LogP contribution in [0.2, 0.25) is 0 Å². The molecular formula is C12H12N4O3S. The van der Waals surface area contributed by atoms with Crippen LogP contribution >= 0.6 is 11.3 Å². The Morgan fingerprint density at radius 2 is 2.30 bits per heavy atom. The van der Waals surface area contributed by atoms with Gasteiger partial charge in [-0.05, 0) is 12.5 Å². The van der Waals surface area contributed by atoms with Crippen LogP contribution in [-0.2, 0) is 4.79 Å². The molecule has 0 radical (unpaired) electrons. The third-order valence-electron chi connectivity index (χ3n) is 3.24. The number of nitrogens with one attached hydrogen (secondary N) is 1. The van der Waals surface area contributed by atoms with Crippen LogP contribution in [0.25, 0.3) is 10.2 Å². The lowest BCUT2D eigenvalue weighted by molar-refractivity contribution is -0.120. The van der Waals surface area contributed by atoms with Crippen molar-refractivity contribution >= 4 is 39.2 Å². The van der Waals surface area contributed by atoms with E-state index in [1.54, 1.807) is 6.92 Å². The highest BCUT2D eigenvalue weighted by Gasteiger charge is 2.24. The number of aromatic carboxylic acids is 1. The molecule has 2 aromatic rings. The molecule has 0 aliphatic carbocycles. The van der Waals surface area contributed by atoms with Crippen LogP contribution in [0.3, 0.4) is 0 Å². The number of aromatic nitrogens is 2. The lowest BCUT2D eigenvalue weighted by Gasteiger charge is -2.28. The second kappa shape index (κ2) is 4.71. The van der Waals surface area contributed by atoms with Crippen LogP contribution in [-0.4, -0.2) is 46.6 Å². The molecule has 1 saturated heterocycles. The molecule has 0 aromatic carbocycles. The maximum Gasteiger partial charge on any atom is 0.346 e. The summed E-state index contributed by atoms with van der Waals surface area (Å²) in [5.74, 6) is -0.395. The van der Waals surface area contributed by atoms with Crippen molar-refractivity contribution in [2.45, 2.75) is 6.92 Å². The molecule has 1 aliphatic rings. The molecule has 2 aromatic heterocycles. The van der Waals surface area contributed by atoms with Crippen LogP contribution in [0, 0.1) is 6.92 Å². The summed E-state index contributed by atoms with van der Waals surface area (Å²) in [5, 5.41) is 12.7. The molecule has 3 heterocycles. The van der Waals surface area contributed by atoms with Gasteiger partial charge in [0.25, 0.3) is 0 Å². The lowest BCUT2D eigenvalue weighted by atomic mass is 10.2. The van der Waals surface area contributed by atoms with Crippen LogP contribution < -0.4 is 10.2 Å². The highest BCUT2D eigenvalue weighted by atomic mass is 32.1. The van der Waals surface area contributed by atoms with Gasteiger partial charge in [0.2, 0.25) is 5.91 Å². The first kappa shape index (κ1) is 12.8. The Morgan fingerprint density at radius 3 is 3.00 bits per heavy atom. The van der Waals surface area contributed by atoms with Gasteiger partial charge in [-0.25, -0.2) is 14.8 Å². The minimum Gasteiger partial charge on any atom is -0.477 e. The average Bonchev–Trinajstić information content (AvgIpc) is 2.76. The molecule has 7 nitrogen and oxygen atoms in total. The molecule has 0 spiro atoms. The number of amides is 1.